The highest BCUT2D eigenvalue weighted by Crippen LogP contribution is 2.23. The van der Waals surface area contributed by atoms with Crippen LogP contribution in [0.15, 0.2) is 40.2 Å². The van der Waals surface area contributed by atoms with Crippen molar-refractivity contribution in [3.8, 4) is 5.75 Å². The number of carbonyl (C=O) groups excluding carboxylic acids is 1. The van der Waals surface area contributed by atoms with Crippen molar-refractivity contribution < 1.29 is 14.6 Å². The Morgan fingerprint density at radius 1 is 1.25 bits per heavy atom. The Balaban J connectivity index is 1.46. The molecule has 0 aliphatic carbocycles. The summed E-state index contributed by atoms with van der Waals surface area (Å²) in [5.41, 5.74) is 5.49. The van der Waals surface area contributed by atoms with Crippen LogP contribution in [0.25, 0.3) is 11.2 Å². The number of benzene rings is 1. The molecule has 0 bridgehead atoms. The van der Waals surface area contributed by atoms with Crippen LogP contribution in [-0.4, -0.2) is 55.6 Å². The largest absolute Gasteiger partial charge is 0.489 e. The minimum Gasteiger partial charge on any atom is -0.489 e. The van der Waals surface area contributed by atoms with Crippen LogP contribution < -0.4 is 32.4 Å². The number of aliphatic hydroxyl groups excluding tert-OH is 1. The zero-order valence-corrected chi connectivity index (χ0v) is 17.9. The minimum absolute atomic E-state index is 0.0285. The summed E-state index contributed by atoms with van der Waals surface area (Å²) in [6.07, 6.45) is 1.45. The number of nitrogens with two attached hydrogens (primary N) is 1. The van der Waals surface area contributed by atoms with Crippen LogP contribution in [0.2, 0.25) is 0 Å². The van der Waals surface area contributed by atoms with Crippen molar-refractivity contribution in [2.75, 3.05) is 25.0 Å². The molecule has 3 rings (SSSR count). The number of nitrogens with zero attached hydrogens (tertiary/aromatic N) is 4. The van der Waals surface area contributed by atoms with Gasteiger partial charge in [0.05, 0.1) is 12.0 Å². The highest BCUT2D eigenvalue weighted by molar-refractivity contribution is 5.89. The lowest BCUT2D eigenvalue weighted by Gasteiger charge is -2.15. The Labute approximate surface area is 183 Å². The van der Waals surface area contributed by atoms with Crippen LogP contribution in [0.3, 0.4) is 0 Å². The molecule has 1 unspecified atom stereocenters. The molecule has 1 atom stereocenters. The number of ether oxygens (including phenoxy) is 1. The average Bonchev–Trinajstić information content (AvgIpc) is 3.19. The summed E-state index contributed by atoms with van der Waals surface area (Å²) in [4.78, 5) is 39.7. The number of aromatic nitrogens is 4. The molecular weight excluding hydrogens is 418 g/mol. The lowest BCUT2D eigenvalue weighted by atomic mass is 10.3. The molecule has 12 nitrogen and oxygen atoms in total. The number of amides is 2. The molecule has 0 fully saturated rings. The fourth-order valence-electron chi connectivity index (χ4n) is 3.28. The van der Waals surface area contributed by atoms with Gasteiger partial charge in [-0.15, -0.1) is 0 Å². The van der Waals surface area contributed by atoms with E-state index in [9.17, 15) is 19.5 Å². The fraction of sp³-hybridized carbons (Fsp3) is 0.400. The van der Waals surface area contributed by atoms with Crippen LogP contribution >= 0.6 is 0 Å². The van der Waals surface area contributed by atoms with E-state index in [1.807, 2.05) is 0 Å². The third kappa shape index (κ3) is 5.15. The van der Waals surface area contributed by atoms with Crippen molar-refractivity contribution in [2.24, 2.45) is 19.8 Å². The van der Waals surface area contributed by atoms with Crippen LogP contribution in [-0.2, 0) is 20.6 Å². The quantitative estimate of drug-likeness (QED) is 0.302. The summed E-state index contributed by atoms with van der Waals surface area (Å²) in [6, 6.07) is 6.09. The number of anilines is 1. The molecule has 2 heterocycles. The van der Waals surface area contributed by atoms with Gasteiger partial charge in [-0.25, -0.2) is 14.6 Å². The van der Waals surface area contributed by atoms with Gasteiger partial charge in [-0.05, 0) is 25.1 Å². The van der Waals surface area contributed by atoms with Gasteiger partial charge in [0.25, 0.3) is 5.56 Å². The first-order chi connectivity index (χ1) is 15.3. The Hall–Kier alpha value is -3.64. The number of rotatable bonds is 10. The number of hydrogen-bond acceptors (Lipinski definition) is 7. The number of primary amides is 1. The van der Waals surface area contributed by atoms with Crippen molar-refractivity contribution in [1.29, 1.82) is 0 Å². The standard InChI is InChI=1S/C20H27N7O5/c1-25-17-16(18(29)26(2)20(25)31)27(12-23-17)9-5-8-22-10-13(28)11-32-15-7-4-3-6-14(15)24-19(21)30/h3-4,6-7,12-13,22,28H,5,8-11H2,1-2H3,(H3,21,24,30). The van der Waals surface area contributed by atoms with Crippen LogP contribution in [0.4, 0.5) is 10.5 Å². The number of carbonyl (C=O) groups is 1. The van der Waals surface area contributed by atoms with Gasteiger partial charge < -0.3 is 30.8 Å². The molecular formula is C20H27N7O5. The number of fused-ring (bicyclic) bond motifs is 1. The molecule has 2 aromatic heterocycles. The van der Waals surface area contributed by atoms with Gasteiger partial charge in [0, 0.05) is 27.2 Å². The lowest BCUT2D eigenvalue weighted by molar-refractivity contribution is 0.107. The normalized spacial score (nSPS) is 12.1. The van der Waals surface area contributed by atoms with Gasteiger partial charge in [-0.3, -0.25) is 13.9 Å². The van der Waals surface area contributed by atoms with E-state index in [-0.39, 0.29) is 12.2 Å². The maximum atomic E-state index is 12.4. The Morgan fingerprint density at radius 2 is 2.00 bits per heavy atom. The predicted octanol–water partition coefficient (Wildman–Crippen LogP) is -0.656. The van der Waals surface area contributed by atoms with Gasteiger partial charge in [0.1, 0.15) is 18.5 Å². The average molecular weight is 445 g/mol. The van der Waals surface area contributed by atoms with E-state index in [2.05, 4.69) is 15.6 Å². The van der Waals surface area contributed by atoms with Crippen molar-refractivity contribution in [2.45, 2.75) is 19.1 Å². The Morgan fingerprint density at radius 3 is 2.75 bits per heavy atom. The summed E-state index contributed by atoms with van der Waals surface area (Å²) >= 11 is 0. The second kappa shape index (κ2) is 10.1. The third-order valence-electron chi connectivity index (χ3n) is 4.93. The minimum atomic E-state index is -0.771. The second-order valence-corrected chi connectivity index (χ2v) is 7.32. The Kier molecular flexibility index (Phi) is 7.28. The summed E-state index contributed by atoms with van der Waals surface area (Å²) in [7, 11) is 3.02. The van der Waals surface area contributed by atoms with Gasteiger partial charge in [-0.1, -0.05) is 12.1 Å². The number of hydrogen-bond donors (Lipinski definition) is 4. The van der Waals surface area contributed by atoms with Crippen LogP contribution in [0.5, 0.6) is 5.75 Å². The molecule has 12 heteroatoms. The van der Waals surface area contributed by atoms with Gasteiger partial charge in [-0.2, -0.15) is 0 Å². The van der Waals surface area contributed by atoms with E-state index in [1.165, 1.54) is 11.6 Å². The van der Waals surface area contributed by atoms with Gasteiger partial charge >= 0.3 is 11.7 Å². The smallest absolute Gasteiger partial charge is 0.332 e. The van der Waals surface area contributed by atoms with Crippen molar-refractivity contribution in [3.63, 3.8) is 0 Å². The summed E-state index contributed by atoms with van der Waals surface area (Å²) in [6.45, 7) is 1.44. The molecule has 32 heavy (non-hydrogen) atoms. The number of nitrogens with one attached hydrogen (secondary N) is 2. The molecule has 0 saturated heterocycles. The molecule has 0 aliphatic rings. The first kappa shape index (κ1) is 23.0. The molecule has 0 aliphatic heterocycles. The number of aliphatic hydroxyl groups is 1. The maximum absolute atomic E-state index is 12.4. The number of aryl methyl sites for hydroxylation is 2. The van der Waals surface area contributed by atoms with Crippen LogP contribution in [0.1, 0.15) is 6.42 Å². The number of urea groups is 1. The van der Waals surface area contributed by atoms with E-state index in [1.54, 1.807) is 42.2 Å². The fourth-order valence-corrected chi connectivity index (χ4v) is 3.28. The monoisotopic (exact) mass is 445 g/mol. The molecule has 1 aromatic carbocycles. The highest BCUT2D eigenvalue weighted by atomic mass is 16.5. The van der Waals surface area contributed by atoms with Gasteiger partial charge in [0.15, 0.2) is 11.2 Å². The molecule has 172 valence electrons. The molecule has 0 radical (unpaired) electrons. The highest BCUT2D eigenvalue weighted by Gasteiger charge is 2.14. The third-order valence-corrected chi connectivity index (χ3v) is 4.93. The van der Waals surface area contributed by atoms with E-state index < -0.39 is 17.8 Å². The van der Waals surface area contributed by atoms with E-state index in [0.717, 1.165) is 4.57 Å². The molecule has 3 aromatic rings. The zero-order chi connectivity index (χ0) is 23.3. The molecule has 2 amide bonds. The zero-order valence-electron chi connectivity index (χ0n) is 17.9. The molecule has 5 N–H and O–H groups in total. The summed E-state index contributed by atoms with van der Waals surface area (Å²) < 4.78 is 9.70. The summed E-state index contributed by atoms with van der Waals surface area (Å²) in [5.74, 6) is 0.410. The van der Waals surface area contributed by atoms with E-state index >= 15 is 0 Å². The van der Waals surface area contributed by atoms with E-state index in [0.29, 0.717) is 48.7 Å². The van der Waals surface area contributed by atoms with Crippen LogP contribution in [0, 0.1) is 0 Å². The van der Waals surface area contributed by atoms with Gasteiger partial charge in [0.2, 0.25) is 0 Å². The first-order valence-corrected chi connectivity index (χ1v) is 10.1. The number of para-hydroxylation sites is 2. The van der Waals surface area contributed by atoms with Crippen molar-refractivity contribution >= 4 is 22.9 Å². The SMILES string of the molecule is Cn1c(=O)c2c(ncn2CCCNCC(O)COc2ccccc2NC(N)=O)n(C)c1=O. The summed E-state index contributed by atoms with van der Waals surface area (Å²) in [5, 5.41) is 15.7. The van der Waals surface area contributed by atoms with Crippen molar-refractivity contribution in [3.05, 3.63) is 51.4 Å². The molecule has 0 saturated carbocycles. The topological polar surface area (TPSA) is 158 Å². The van der Waals surface area contributed by atoms with Crippen molar-refractivity contribution in [1.82, 2.24) is 24.0 Å². The first-order valence-electron chi connectivity index (χ1n) is 10.1. The lowest BCUT2D eigenvalue weighted by Crippen LogP contribution is -2.37. The molecule has 0 spiro atoms. The number of imidazole rings is 1. The van der Waals surface area contributed by atoms with E-state index in [4.69, 9.17) is 10.5 Å². The maximum Gasteiger partial charge on any atom is 0.332 e. The predicted molar refractivity (Wildman–Crippen MR) is 119 cm³/mol. The second-order valence-electron chi connectivity index (χ2n) is 7.32. The Bertz CT molecular complexity index is 1210.